The van der Waals surface area contributed by atoms with Crippen molar-refractivity contribution in [1.29, 1.82) is 0 Å². The van der Waals surface area contributed by atoms with Crippen LogP contribution in [0.15, 0.2) is 53.2 Å². The maximum Gasteiger partial charge on any atom is 0.186 e. The lowest BCUT2D eigenvalue weighted by Gasteiger charge is -2.26. The number of rotatable bonds is 6. The van der Waals surface area contributed by atoms with E-state index in [4.69, 9.17) is 9.84 Å². The van der Waals surface area contributed by atoms with Gasteiger partial charge in [-0.2, -0.15) is 15.9 Å². The first kappa shape index (κ1) is 17.5. The topological polar surface area (TPSA) is 55.5 Å². The molecule has 138 valence electrons. The van der Waals surface area contributed by atoms with Crippen LogP contribution in [0, 0.1) is 0 Å². The van der Waals surface area contributed by atoms with Gasteiger partial charge in [0.2, 0.25) is 0 Å². The number of fused-ring (bicyclic) bond motifs is 1. The number of para-hydroxylation sites is 1. The van der Waals surface area contributed by atoms with Gasteiger partial charge in [0, 0.05) is 24.0 Å². The van der Waals surface area contributed by atoms with E-state index in [9.17, 15) is 0 Å². The summed E-state index contributed by atoms with van der Waals surface area (Å²) >= 11 is 1.64. The van der Waals surface area contributed by atoms with E-state index in [-0.39, 0.29) is 6.04 Å². The Morgan fingerprint density at radius 2 is 2.00 bits per heavy atom. The molecule has 4 rings (SSSR count). The van der Waals surface area contributed by atoms with E-state index in [2.05, 4.69) is 40.5 Å². The van der Waals surface area contributed by atoms with Crippen LogP contribution >= 0.6 is 11.3 Å². The number of benzene rings is 1. The van der Waals surface area contributed by atoms with Gasteiger partial charge in [0.05, 0.1) is 7.11 Å². The van der Waals surface area contributed by atoms with Crippen LogP contribution < -0.4 is 9.64 Å². The number of likely N-dealkylation sites (N-methyl/N-ethyl adjacent to an activating group) is 1. The average Bonchev–Trinajstić information content (AvgIpc) is 3.36. The van der Waals surface area contributed by atoms with Crippen molar-refractivity contribution in [2.45, 2.75) is 19.4 Å². The molecule has 6 nitrogen and oxygen atoms in total. The van der Waals surface area contributed by atoms with Crippen LogP contribution in [0.4, 0.5) is 5.82 Å². The minimum Gasteiger partial charge on any atom is -0.496 e. The van der Waals surface area contributed by atoms with Crippen molar-refractivity contribution in [3.05, 3.63) is 58.8 Å². The van der Waals surface area contributed by atoms with Crippen LogP contribution in [0.5, 0.6) is 5.75 Å². The van der Waals surface area contributed by atoms with Crippen LogP contribution in [0.3, 0.4) is 0 Å². The van der Waals surface area contributed by atoms with Gasteiger partial charge in [-0.3, -0.25) is 0 Å². The quantitative estimate of drug-likeness (QED) is 0.508. The molecule has 0 aliphatic heterocycles. The summed E-state index contributed by atoms with van der Waals surface area (Å²) in [6.07, 6.45) is 0.861. The first-order valence-electron chi connectivity index (χ1n) is 8.77. The Kier molecular flexibility index (Phi) is 4.77. The minimum atomic E-state index is 0.243. The van der Waals surface area contributed by atoms with Crippen LogP contribution in [0.2, 0.25) is 0 Å². The Balaban J connectivity index is 1.62. The zero-order valence-electron chi connectivity index (χ0n) is 15.5. The van der Waals surface area contributed by atoms with Crippen molar-refractivity contribution in [2.75, 3.05) is 19.1 Å². The number of thiophene rings is 1. The number of ether oxygens (including phenoxy) is 1. The van der Waals surface area contributed by atoms with Gasteiger partial charge in [-0.15, -0.1) is 15.3 Å². The van der Waals surface area contributed by atoms with E-state index < -0.39 is 0 Å². The normalized spacial score (nSPS) is 12.3. The fraction of sp³-hybridized carbons (Fsp3) is 0.250. The standard InChI is InChI=1S/C20H21N5OS/c1-14(12-15-6-4-5-7-17(15)26-3)24(2)19-9-8-18-21-22-20(25(18)23-19)16-10-11-27-13-16/h4-11,13-14H,12H2,1-3H3. The van der Waals surface area contributed by atoms with Crippen LogP contribution in [-0.4, -0.2) is 40.0 Å². The monoisotopic (exact) mass is 379 g/mol. The third-order valence-electron chi connectivity index (χ3n) is 4.76. The van der Waals surface area contributed by atoms with Gasteiger partial charge in [0.1, 0.15) is 11.6 Å². The lowest BCUT2D eigenvalue weighted by molar-refractivity contribution is 0.408. The Morgan fingerprint density at radius 1 is 1.15 bits per heavy atom. The number of methoxy groups -OCH3 is 1. The Bertz CT molecular complexity index is 1040. The summed E-state index contributed by atoms with van der Waals surface area (Å²) in [4.78, 5) is 2.17. The second-order valence-electron chi connectivity index (χ2n) is 6.47. The molecule has 0 radical (unpaired) electrons. The number of hydrogen-bond acceptors (Lipinski definition) is 6. The maximum absolute atomic E-state index is 5.48. The zero-order valence-corrected chi connectivity index (χ0v) is 16.3. The molecule has 0 saturated heterocycles. The van der Waals surface area contributed by atoms with E-state index in [0.717, 1.165) is 35.0 Å². The van der Waals surface area contributed by atoms with Gasteiger partial charge in [-0.25, -0.2) is 0 Å². The summed E-state index contributed by atoms with van der Waals surface area (Å²) in [7, 11) is 3.77. The highest BCUT2D eigenvalue weighted by Gasteiger charge is 2.17. The van der Waals surface area contributed by atoms with Crippen molar-refractivity contribution in [3.63, 3.8) is 0 Å². The van der Waals surface area contributed by atoms with E-state index in [1.54, 1.807) is 18.4 Å². The third kappa shape index (κ3) is 3.38. The summed E-state index contributed by atoms with van der Waals surface area (Å²) < 4.78 is 7.29. The molecule has 0 bridgehead atoms. The van der Waals surface area contributed by atoms with E-state index in [0.29, 0.717) is 0 Å². The molecule has 0 fully saturated rings. The van der Waals surface area contributed by atoms with Crippen molar-refractivity contribution >= 4 is 22.8 Å². The molecule has 0 amide bonds. The molecule has 3 aromatic heterocycles. The molecule has 0 spiro atoms. The molecule has 3 heterocycles. The number of hydrogen-bond donors (Lipinski definition) is 0. The van der Waals surface area contributed by atoms with Crippen molar-refractivity contribution in [2.24, 2.45) is 0 Å². The molecule has 0 saturated carbocycles. The highest BCUT2D eigenvalue weighted by molar-refractivity contribution is 7.08. The maximum atomic E-state index is 5.48. The molecule has 4 aromatic rings. The van der Waals surface area contributed by atoms with Crippen molar-refractivity contribution < 1.29 is 4.74 Å². The van der Waals surface area contributed by atoms with E-state index in [1.165, 1.54) is 5.56 Å². The number of aromatic nitrogens is 4. The highest BCUT2D eigenvalue weighted by Crippen LogP contribution is 2.24. The van der Waals surface area contributed by atoms with Gasteiger partial charge < -0.3 is 9.64 Å². The molecular weight excluding hydrogens is 358 g/mol. The second-order valence-corrected chi connectivity index (χ2v) is 7.25. The van der Waals surface area contributed by atoms with Crippen LogP contribution in [-0.2, 0) is 6.42 Å². The Hall–Kier alpha value is -2.93. The zero-order chi connectivity index (χ0) is 18.8. The van der Waals surface area contributed by atoms with Gasteiger partial charge in [-0.05, 0) is 48.6 Å². The van der Waals surface area contributed by atoms with Crippen molar-refractivity contribution in [1.82, 2.24) is 19.8 Å². The summed E-state index contributed by atoms with van der Waals surface area (Å²) in [6.45, 7) is 2.18. The van der Waals surface area contributed by atoms with E-state index in [1.807, 2.05) is 46.3 Å². The number of anilines is 1. The Morgan fingerprint density at radius 3 is 2.78 bits per heavy atom. The van der Waals surface area contributed by atoms with Crippen LogP contribution in [0.25, 0.3) is 17.0 Å². The first-order chi connectivity index (χ1) is 13.2. The fourth-order valence-corrected chi connectivity index (χ4v) is 3.73. The summed E-state index contributed by atoms with van der Waals surface area (Å²) in [5, 5.41) is 17.4. The Labute approximate surface area is 162 Å². The molecule has 0 aliphatic carbocycles. The average molecular weight is 379 g/mol. The summed E-state index contributed by atoms with van der Waals surface area (Å²) in [6, 6.07) is 14.3. The predicted molar refractivity (Wildman–Crippen MR) is 109 cm³/mol. The first-order valence-corrected chi connectivity index (χ1v) is 9.71. The SMILES string of the molecule is COc1ccccc1CC(C)N(C)c1ccc2nnc(-c3ccsc3)n2n1. The van der Waals surface area contributed by atoms with Crippen LogP contribution in [0.1, 0.15) is 12.5 Å². The van der Waals surface area contributed by atoms with Gasteiger partial charge >= 0.3 is 0 Å². The van der Waals surface area contributed by atoms with E-state index >= 15 is 0 Å². The predicted octanol–water partition coefficient (Wildman–Crippen LogP) is 3.93. The molecule has 0 N–H and O–H groups in total. The molecule has 1 atom stereocenters. The molecule has 27 heavy (non-hydrogen) atoms. The van der Waals surface area contributed by atoms with Gasteiger partial charge in [-0.1, -0.05) is 18.2 Å². The summed E-state index contributed by atoms with van der Waals surface area (Å²) in [5.41, 5.74) is 2.95. The number of nitrogens with zero attached hydrogens (tertiary/aromatic N) is 5. The van der Waals surface area contributed by atoms with Gasteiger partial charge in [0.25, 0.3) is 0 Å². The minimum absolute atomic E-state index is 0.243. The lowest BCUT2D eigenvalue weighted by atomic mass is 10.1. The molecule has 7 heteroatoms. The molecule has 1 aromatic carbocycles. The lowest BCUT2D eigenvalue weighted by Crippen LogP contribution is -2.32. The molecule has 1 unspecified atom stereocenters. The third-order valence-corrected chi connectivity index (χ3v) is 5.44. The van der Waals surface area contributed by atoms with Gasteiger partial charge in [0.15, 0.2) is 11.5 Å². The fourth-order valence-electron chi connectivity index (χ4n) is 3.09. The smallest absolute Gasteiger partial charge is 0.186 e. The second kappa shape index (κ2) is 7.36. The van der Waals surface area contributed by atoms with Crippen molar-refractivity contribution in [3.8, 4) is 17.1 Å². The molecule has 0 aliphatic rings. The largest absolute Gasteiger partial charge is 0.496 e. The highest BCUT2D eigenvalue weighted by atomic mass is 32.1. The molecular formula is C20H21N5OS. The summed E-state index contributed by atoms with van der Waals surface area (Å²) in [5.74, 6) is 2.56.